The Kier molecular flexibility index (Phi) is 62.1. The summed E-state index contributed by atoms with van der Waals surface area (Å²) >= 11 is 0. The van der Waals surface area contributed by atoms with Gasteiger partial charge in [-0.15, -0.1) is 0 Å². The lowest BCUT2D eigenvalue weighted by atomic mass is 10.0. The van der Waals surface area contributed by atoms with E-state index in [1.165, 1.54) is 180 Å². The predicted octanol–water partition coefficient (Wildman–Crippen LogP) is 20.1. The molecule has 0 aromatic rings. The molecule has 0 fully saturated rings. The van der Waals surface area contributed by atoms with Crippen molar-refractivity contribution in [3.8, 4) is 0 Å². The number of carbonyl (C=O) groups excluding carboxylic acids is 4. The van der Waals surface area contributed by atoms with Gasteiger partial charge in [-0.1, -0.05) is 311 Å². The third-order valence-corrected chi connectivity index (χ3v) is 18.2. The maximum absolute atomic E-state index is 13.0. The van der Waals surface area contributed by atoms with E-state index >= 15 is 0 Å². The first-order chi connectivity index (χ1) is 43.0. The molecule has 528 valence electrons. The molecular weight excluding hydrogens is 1170 g/mol. The molecule has 0 saturated heterocycles. The summed E-state index contributed by atoms with van der Waals surface area (Å²) in [7, 11) is -9.90. The first-order valence-electron chi connectivity index (χ1n) is 36.6. The lowest BCUT2D eigenvalue weighted by Gasteiger charge is -2.21. The van der Waals surface area contributed by atoms with Crippen LogP contribution in [0.4, 0.5) is 0 Å². The molecule has 0 amide bonds. The van der Waals surface area contributed by atoms with E-state index in [2.05, 4.69) is 34.6 Å². The molecule has 0 aliphatic rings. The fourth-order valence-corrected chi connectivity index (χ4v) is 12.2. The van der Waals surface area contributed by atoms with Crippen LogP contribution >= 0.6 is 15.6 Å². The maximum Gasteiger partial charge on any atom is 0.472 e. The van der Waals surface area contributed by atoms with E-state index in [4.69, 9.17) is 37.0 Å². The molecule has 2 unspecified atom stereocenters. The third-order valence-electron chi connectivity index (χ3n) is 16.3. The van der Waals surface area contributed by atoms with Crippen LogP contribution in [0.1, 0.15) is 362 Å². The highest BCUT2D eigenvalue weighted by Gasteiger charge is 2.30. The van der Waals surface area contributed by atoms with Crippen molar-refractivity contribution < 1.29 is 80.2 Å². The molecule has 89 heavy (non-hydrogen) atoms. The van der Waals surface area contributed by atoms with Crippen molar-refractivity contribution in [3.63, 3.8) is 0 Å². The van der Waals surface area contributed by atoms with Gasteiger partial charge in [-0.05, 0) is 31.6 Å². The van der Waals surface area contributed by atoms with Crippen LogP contribution in [-0.4, -0.2) is 96.7 Å². The molecule has 0 spiro atoms. The average molecular weight is 1310 g/mol. The molecule has 0 aromatic heterocycles. The number of phosphoric acid groups is 2. The molecular formula is C70H136O17P2. The quantitative estimate of drug-likeness (QED) is 0.0222. The van der Waals surface area contributed by atoms with Gasteiger partial charge in [-0.25, -0.2) is 9.13 Å². The van der Waals surface area contributed by atoms with Crippen molar-refractivity contribution in [3.05, 3.63) is 0 Å². The standard InChI is InChI=1S/C70H136O17P2/c1-6-9-12-15-18-21-24-26-28-30-32-35-37-43-48-53-67(72)80-59-65(86-70(75)56-51-46-39-36-33-31-29-27-25-22-19-16-13-10-7-2)61-84-88(76,77)82-57-64(71)58-83-89(78,79)85-62-66(60-81-68(73)54-49-44-41-40-42-47-52-63(4)5)87-69(74)55-50-45-38-34-23-20-17-14-11-8-3/h63-66,71H,6-62H2,1-5H3,(H,76,77)(H,78,79)/t64-,65-,66-/m1/s1. The van der Waals surface area contributed by atoms with Crippen molar-refractivity contribution in [2.45, 2.75) is 380 Å². The van der Waals surface area contributed by atoms with Gasteiger partial charge < -0.3 is 33.8 Å². The largest absolute Gasteiger partial charge is 0.472 e. The van der Waals surface area contributed by atoms with Gasteiger partial charge in [0, 0.05) is 25.7 Å². The molecule has 19 heteroatoms. The van der Waals surface area contributed by atoms with Crippen molar-refractivity contribution in [1.82, 2.24) is 0 Å². The van der Waals surface area contributed by atoms with Gasteiger partial charge >= 0.3 is 39.5 Å². The molecule has 0 bridgehead atoms. The fourth-order valence-electron chi connectivity index (χ4n) is 10.6. The molecule has 0 rings (SSSR count). The second-order valence-corrected chi connectivity index (χ2v) is 28.7. The third kappa shape index (κ3) is 64.6. The Labute approximate surface area is 543 Å². The van der Waals surface area contributed by atoms with Crippen LogP contribution in [0.15, 0.2) is 0 Å². The molecule has 5 atom stereocenters. The van der Waals surface area contributed by atoms with Gasteiger partial charge in [-0.3, -0.25) is 37.3 Å². The zero-order chi connectivity index (χ0) is 65.6. The number of esters is 4. The number of unbranched alkanes of at least 4 members (excludes halogenated alkanes) is 42. The summed E-state index contributed by atoms with van der Waals surface area (Å²) in [5.41, 5.74) is 0. The first kappa shape index (κ1) is 87.1. The summed E-state index contributed by atoms with van der Waals surface area (Å²) in [5, 5.41) is 10.6. The van der Waals surface area contributed by atoms with Crippen molar-refractivity contribution >= 4 is 39.5 Å². The summed E-state index contributed by atoms with van der Waals surface area (Å²) in [6, 6.07) is 0. The monoisotopic (exact) mass is 1310 g/mol. The Morgan fingerprint density at radius 1 is 0.303 bits per heavy atom. The fraction of sp³-hybridized carbons (Fsp3) is 0.943. The van der Waals surface area contributed by atoms with Gasteiger partial charge in [0.25, 0.3) is 0 Å². The van der Waals surface area contributed by atoms with E-state index in [9.17, 15) is 43.2 Å². The van der Waals surface area contributed by atoms with Crippen LogP contribution in [0, 0.1) is 5.92 Å². The highest BCUT2D eigenvalue weighted by molar-refractivity contribution is 7.47. The second-order valence-electron chi connectivity index (χ2n) is 25.7. The van der Waals surface area contributed by atoms with Gasteiger partial charge in [0.2, 0.25) is 0 Å². The zero-order valence-electron chi connectivity index (χ0n) is 57.6. The van der Waals surface area contributed by atoms with Gasteiger partial charge in [0.1, 0.15) is 19.3 Å². The van der Waals surface area contributed by atoms with Gasteiger partial charge in [0.15, 0.2) is 12.2 Å². The van der Waals surface area contributed by atoms with Crippen LogP contribution in [0.25, 0.3) is 0 Å². The molecule has 3 N–H and O–H groups in total. The summed E-state index contributed by atoms with van der Waals surface area (Å²) in [4.78, 5) is 72.5. The van der Waals surface area contributed by atoms with Crippen molar-refractivity contribution in [2.75, 3.05) is 39.6 Å². The summed E-state index contributed by atoms with van der Waals surface area (Å²) in [6.07, 6.45) is 50.0. The highest BCUT2D eigenvalue weighted by atomic mass is 31.2. The number of aliphatic hydroxyl groups is 1. The Bertz CT molecular complexity index is 1720. The molecule has 0 aliphatic heterocycles. The Morgan fingerprint density at radius 2 is 0.517 bits per heavy atom. The maximum atomic E-state index is 13.0. The Morgan fingerprint density at radius 3 is 0.764 bits per heavy atom. The lowest BCUT2D eigenvalue weighted by molar-refractivity contribution is -0.161. The van der Waals surface area contributed by atoms with Gasteiger partial charge in [-0.2, -0.15) is 0 Å². The first-order valence-corrected chi connectivity index (χ1v) is 39.6. The Hall–Kier alpha value is -1.94. The number of hydrogen-bond donors (Lipinski definition) is 3. The molecule has 0 saturated carbocycles. The lowest BCUT2D eigenvalue weighted by Crippen LogP contribution is -2.30. The van der Waals surface area contributed by atoms with E-state index in [0.29, 0.717) is 31.6 Å². The minimum Gasteiger partial charge on any atom is -0.462 e. The predicted molar refractivity (Wildman–Crippen MR) is 358 cm³/mol. The van der Waals surface area contributed by atoms with Crippen molar-refractivity contribution in [2.24, 2.45) is 5.92 Å². The number of hydrogen-bond acceptors (Lipinski definition) is 15. The van der Waals surface area contributed by atoms with E-state index in [1.54, 1.807) is 0 Å². The molecule has 0 radical (unpaired) electrons. The number of carbonyl (C=O) groups is 4. The van der Waals surface area contributed by atoms with Crippen LogP contribution in [0.5, 0.6) is 0 Å². The highest BCUT2D eigenvalue weighted by Crippen LogP contribution is 2.45. The molecule has 0 aromatic carbocycles. The van der Waals surface area contributed by atoms with Crippen LogP contribution in [0.2, 0.25) is 0 Å². The molecule has 0 heterocycles. The van der Waals surface area contributed by atoms with Crippen LogP contribution < -0.4 is 0 Å². The topological polar surface area (TPSA) is 237 Å². The summed E-state index contributed by atoms with van der Waals surface area (Å²) in [6.45, 7) is 7.16. The summed E-state index contributed by atoms with van der Waals surface area (Å²) < 4.78 is 68.2. The normalized spacial score (nSPS) is 14.1. The smallest absolute Gasteiger partial charge is 0.462 e. The van der Waals surface area contributed by atoms with Crippen molar-refractivity contribution in [1.29, 1.82) is 0 Å². The minimum atomic E-state index is -4.95. The number of ether oxygens (including phenoxy) is 4. The van der Waals surface area contributed by atoms with E-state index < -0.39 is 97.5 Å². The van der Waals surface area contributed by atoms with Crippen LogP contribution in [0.3, 0.4) is 0 Å². The SMILES string of the molecule is CCCCCCCCCCCCCCCCCC(=O)OC[C@H](COP(=O)(O)OC[C@@H](O)COP(=O)(O)OC[C@@H](COC(=O)CCCCCCCCC(C)C)OC(=O)CCCCCCCCCCCC)OC(=O)CCCCCCCCCCCCCCCCC. The molecule has 0 aliphatic carbocycles. The van der Waals surface area contributed by atoms with E-state index in [0.717, 1.165) is 96.3 Å². The minimum absolute atomic E-state index is 0.106. The van der Waals surface area contributed by atoms with Crippen LogP contribution in [-0.2, 0) is 65.4 Å². The molecule has 17 nitrogen and oxygen atoms in total. The van der Waals surface area contributed by atoms with E-state index in [1.807, 2.05) is 0 Å². The summed E-state index contributed by atoms with van der Waals surface area (Å²) in [5.74, 6) is -1.44. The second kappa shape index (κ2) is 63.5. The number of phosphoric ester groups is 2. The van der Waals surface area contributed by atoms with E-state index in [-0.39, 0.29) is 25.7 Å². The average Bonchev–Trinajstić information content (AvgIpc) is 3.51. The zero-order valence-corrected chi connectivity index (χ0v) is 59.4. The van der Waals surface area contributed by atoms with Gasteiger partial charge in [0.05, 0.1) is 26.4 Å². The number of aliphatic hydroxyl groups excluding tert-OH is 1. The Balaban J connectivity index is 5.22. The number of rotatable bonds is 70.